The molecule has 1 N–H and O–H groups in total. The van der Waals surface area contributed by atoms with Crippen LogP contribution >= 0.6 is 0 Å². The fraction of sp³-hybridized carbons (Fsp3) is 1.00. The molecule has 5 heteroatoms. The van der Waals surface area contributed by atoms with Crippen molar-refractivity contribution in [2.45, 2.75) is 46.0 Å². The topological polar surface area (TPSA) is 15.3 Å². The van der Waals surface area contributed by atoms with Crippen LogP contribution in [0.3, 0.4) is 0 Å². The van der Waals surface area contributed by atoms with E-state index in [1.165, 1.54) is 4.90 Å². The quantitative estimate of drug-likeness (QED) is 0.754. The van der Waals surface area contributed by atoms with Gasteiger partial charge in [-0.2, -0.15) is 13.2 Å². The highest BCUT2D eigenvalue weighted by Crippen LogP contribution is 2.26. The molecule has 0 aromatic heterocycles. The SMILES string of the molecule is CC1CNC(C(C)(C)C)CN1CC(F)(F)F. The fourth-order valence-corrected chi connectivity index (χ4v) is 1.95. The number of hydrogen-bond acceptors (Lipinski definition) is 2. The van der Waals surface area contributed by atoms with Crippen LogP contribution in [-0.2, 0) is 0 Å². The van der Waals surface area contributed by atoms with Crippen molar-refractivity contribution in [2.75, 3.05) is 19.6 Å². The molecule has 0 amide bonds. The highest BCUT2D eigenvalue weighted by atomic mass is 19.4. The van der Waals surface area contributed by atoms with E-state index in [4.69, 9.17) is 0 Å². The summed E-state index contributed by atoms with van der Waals surface area (Å²) in [5.74, 6) is 0. The lowest BCUT2D eigenvalue weighted by molar-refractivity contribution is -0.154. The van der Waals surface area contributed by atoms with Crippen LogP contribution in [0.5, 0.6) is 0 Å². The zero-order chi connectivity index (χ0) is 12.6. The molecule has 0 bridgehead atoms. The lowest BCUT2D eigenvalue weighted by Crippen LogP contribution is -2.60. The van der Waals surface area contributed by atoms with Crippen molar-refractivity contribution in [1.82, 2.24) is 10.2 Å². The highest BCUT2D eigenvalue weighted by Gasteiger charge is 2.38. The van der Waals surface area contributed by atoms with Gasteiger partial charge in [-0.1, -0.05) is 20.8 Å². The van der Waals surface area contributed by atoms with Crippen molar-refractivity contribution in [3.63, 3.8) is 0 Å². The predicted molar refractivity (Wildman–Crippen MR) is 58.3 cm³/mol. The van der Waals surface area contributed by atoms with E-state index < -0.39 is 12.7 Å². The Balaban J connectivity index is 2.62. The standard InChI is InChI=1S/C11H21F3N2/c1-8-5-15-9(10(2,3)4)6-16(8)7-11(12,13)14/h8-9,15H,5-7H2,1-4H3. The Labute approximate surface area is 95.2 Å². The molecule has 1 aliphatic rings. The monoisotopic (exact) mass is 238 g/mol. The van der Waals surface area contributed by atoms with E-state index in [9.17, 15) is 13.2 Å². The van der Waals surface area contributed by atoms with Crippen molar-refractivity contribution in [3.05, 3.63) is 0 Å². The van der Waals surface area contributed by atoms with Gasteiger partial charge in [-0.3, -0.25) is 4.90 Å². The van der Waals surface area contributed by atoms with E-state index in [0.29, 0.717) is 13.1 Å². The molecular formula is C11H21F3N2. The molecule has 2 nitrogen and oxygen atoms in total. The summed E-state index contributed by atoms with van der Waals surface area (Å²) < 4.78 is 37.1. The smallest absolute Gasteiger partial charge is 0.311 e. The molecule has 0 radical (unpaired) electrons. The Morgan fingerprint density at radius 2 is 1.81 bits per heavy atom. The van der Waals surface area contributed by atoms with Crippen LogP contribution in [0.1, 0.15) is 27.7 Å². The lowest BCUT2D eigenvalue weighted by atomic mass is 9.85. The van der Waals surface area contributed by atoms with Gasteiger partial charge in [0.1, 0.15) is 0 Å². The van der Waals surface area contributed by atoms with Gasteiger partial charge in [-0.05, 0) is 12.3 Å². The van der Waals surface area contributed by atoms with E-state index in [1.54, 1.807) is 0 Å². The lowest BCUT2D eigenvalue weighted by Gasteiger charge is -2.44. The average molecular weight is 238 g/mol. The van der Waals surface area contributed by atoms with Gasteiger partial charge in [0.05, 0.1) is 6.54 Å². The number of halogens is 3. The molecule has 0 aliphatic carbocycles. The Morgan fingerprint density at radius 1 is 1.25 bits per heavy atom. The second-order valence-electron chi connectivity index (χ2n) is 5.72. The van der Waals surface area contributed by atoms with Crippen LogP contribution in [0, 0.1) is 5.41 Å². The zero-order valence-corrected chi connectivity index (χ0v) is 10.4. The first kappa shape index (κ1) is 13.8. The number of piperazine rings is 1. The Kier molecular flexibility index (Phi) is 3.90. The first-order chi connectivity index (χ1) is 7.09. The molecule has 96 valence electrons. The van der Waals surface area contributed by atoms with Gasteiger partial charge in [-0.15, -0.1) is 0 Å². The first-order valence-electron chi connectivity index (χ1n) is 5.64. The highest BCUT2D eigenvalue weighted by molar-refractivity contribution is 4.91. The van der Waals surface area contributed by atoms with E-state index in [-0.39, 0.29) is 17.5 Å². The van der Waals surface area contributed by atoms with Gasteiger partial charge in [0, 0.05) is 25.2 Å². The summed E-state index contributed by atoms with van der Waals surface area (Å²) in [6.45, 7) is 8.26. The summed E-state index contributed by atoms with van der Waals surface area (Å²) in [6, 6.07) is 0.0614. The molecule has 0 aromatic carbocycles. The molecule has 2 atom stereocenters. The maximum Gasteiger partial charge on any atom is 0.401 e. The molecule has 1 fully saturated rings. The third-order valence-electron chi connectivity index (χ3n) is 3.13. The molecule has 16 heavy (non-hydrogen) atoms. The molecule has 0 saturated carbocycles. The summed E-state index contributed by atoms with van der Waals surface area (Å²) in [7, 11) is 0. The molecule has 0 aromatic rings. The predicted octanol–water partition coefficient (Wildman–Crippen LogP) is 2.26. The summed E-state index contributed by atoms with van der Waals surface area (Å²) in [5, 5.41) is 3.32. The van der Waals surface area contributed by atoms with Crippen molar-refractivity contribution in [1.29, 1.82) is 0 Å². The largest absolute Gasteiger partial charge is 0.401 e. The number of rotatable bonds is 1. The minimum atomic E-state index is -4.10. The first-order valence-corrected chi connectivity index (χ1v) is 5.64. The molecular weight excluding hydrogens is 217 g/mol. The van der Waals surface area contributed by atoms with Crippen LogP contribution in [0.2, 0.25) is 0 Å². The second-order valence-corrected chi connectivity index (χ2v) is 5.72. The van der Waals surface area contributed by atoms with Gasteiger partial charge in [0.25, 0.3) is 0 Å². The van der Waals surface area contributed by atoms with Crippen molar-refractivity contribution >= 4 is 0 Å². The molecule has 1 aliphatic heterocycles. The number of alkyl halides is 3. The average Bonchev–Trinajstić information content (AvgIpc) is 2.04. The van der Waals surface area contributed by atoms with Crippen LogP contribution in [0.4, 0.5) is 13.2 Å². The Morgan fingerprint density at radius 3 is 2.25 bits per heavy atom. The summed E-state index contributed by atoms with van der Waals surface area (Å²) in [6.07, 6.45) is -4.10. The Hall–Kier alpha value is -0.290. The normalized spacial score (nSPS) is 29.4. The summed E-state index contributed by atoms with van der Waals surface area (Å²) in [4.78, 5) is 1.52. The van der Waals surface area contributed by atoms with Crippen molar-refractivity contribution < 1.29 is 13.2 Å². The number of nitrogens with zero attached hydrogens (tertiary/aromatic N) is 1. The van der Waals surface area contributed by atoms with Crippen LogP contribution in [0.15, 0.2) is 0 Å². The van der Waals surface area contributed by atoms with E-state index in [2.05, 4.69) is 5.32 Å². The molecule has 1 rings (SSSR count). The van der Waals surface area contributed by atoms with Gasteiger partial charge < -0.3 is 5.32 Å². The molecule has 0 spiro atoms. The van der Waals surface area contributed by atoms with E-state index in [0.717, 1.165) is 0 Å². The minimum absolute atomic E-state index is 0.00993. The van der Waals surface area contributed by atoms with Gasteiger partial charge in [-0.25, -0.2) is 0 Å². The van der Waals surface area contributed by atoms with E-state index >= 15 is 0 Å². The maximum absolute atomic E-state index is 12.4. The third kappa shape index (κ3) is 3.94. The number of hydrogen-bond donors (Lipinski definition) is 1. The van der Waals surface area contributed by atoms with Crippen LogP contribution < -0.4 is 5.32 Å². The second kappa shape index (κ2) is 4.53. The van der Waals surface area contributed by atoms with Gasteiger partial charge >= 0.3 is 6.18 Å². The molecule has 2 unspecified atom stereocenters. The van der Waals surface area contributed by atoms with Gasteiger partial charge in [0.2, 0.25) is 0 Å². The minimum Gasteiger partial charge on any atom is -0.311 e. The zero-order valence-electron chi connectivity index (χ0n) is 10.4. The van der Waals surface area contributed by atoms with Crippen molar-refractivity contribution in [3.8, 4) is 0 Å². The number of nitrogens with one attached hydrogen (secondary N) is 1. The summed E-state index contributed by atoms with van der Waals surface area (Å²) >= 11 is 0. The van der Waals surface area contributed by atoms with E-state index in [1.807, 2.05) is 27.7 Å². The van der Waals surface area contributed by atoms with Crippen LogP contribution in [0.25, 0.3) is 0 Å². The van der Waals surface area contributed by atoms with Crippen molar-refractivity contribution in [2.24, 2.45) is 5.41 Å². The molecule has 1 saturated heterocycles. The maximum atomic E-state index is 12.4. The molecule has 1 heterocycles. The Bertz CT molecular complexity index is 232. The van der Waals surface area contributed by atoms with Crippen LogP contribution in [-0.4, -0.2) is 42.8 Å². The third-order valence-corrected chi connectivity index (χ3v) is 3.13. The summed E-state index contributed by atoms with van der Waals surface area (Å²) in [5.41, 5.74) is -0.00993. The van der Waals surface area contributed by atoms with Gasteiger partial charge in [0.15, 0.2) is 0 Å². The fourth-order valence-electron chi connectivity index (χ4n) is 1.95.